The molecule has 1 rings (SSSR count). The van der Waals surface area contributed by atoms with Gasteiger partial charge in [0.2, 0.25) is 5.43 Å². The number of carbonyl (C=O) groups excluding carboxylic acids is 3. The Morgan fingerprint density at radius 3 is 2.24 bits per heavy atom. The predicted octanol–water partition coefficient (Wildman–Crippen LogP) is -2.05. The molecule has 10 heteroatoms. The van der Waals surface area contributed by atoms with E-state index in [1.54, 1.807) is 0 Å². The highest BCUT2D eigenvalue weighted by atomic mass is 16.2. The highest BCUT2D eigenvalue weighted by Gasteiger charge is 2.18. The monoisotopic (exact) mass is 294 g/mol. The summed E-state index contributed by atoms with van der Waals surface area (Å²) in [5.74, 6) is 3.20. The lowest BCUT2D eigenvalue weighted by Crippen LogP contribution is -2.46. The standard InChI is InChI=1S/C11H14N6O4/c1-2-3-17-4-6(9(19)14-13)8(18)7(5-17)10(20)15-16-11(12)21/h2,4-5H,1,3,13H2,(H,14,19)(H,15,20)(H3,12,16,21). The van der Waals surface area contributed by atoms with Crippen molar-refractivity contribution in [3.05, 3.63) is 46.4 Å². The van der Waals surface area contributed by atoms with Crippen LogP contribution in [0.3, 0.4) is 0 Å². The molecule has 0 aromatic carbocycles. The molecule has 0 aliphatic rings. The van der Waals surface area contributed by atoms with Crippen molar-refractivity contribution in [1.82, 2.24) is 20.8 Å². The Bertz CT molecular complexity index is 651. The molecule has 10 nitrogen and oxygen atoms in total. The zero-order chi connectivity index (χ0) is 16.0. The Morgan fingerprint density at radius 2 is 1.76 bits per heavy atom. The molecule has 1 aromatic heterocycles. The summed E-state index contributed by atoms with van der Waals surface area (Å²) in [5, 5.41) is 0. The molecule has 0 bridgehead atoms. The number of nitrogen functional groups attached to an aromatic ring is 1. The summed E-state index contributed by atoms with van der Waals surface area (Å²) in [4.78, 5) is 45.9. The highest BCUT2D eigenvalue weighted by Crippen LogP contribution is 1.99. The van der Waals surface area contributed by atoms with Gasteiger partial charge in [0.25, 0.3) is 11.8 Å². The second kappa shape index (κ2) is 6.86. The fourth-order valence-corrected chi connectivity index (χ4v) is 1.47. The maximum atomic E-state index is 12.1. The van der Waals surface area contributed by atoms with Gasteiger partial charge in [-0.3, -0.25) is 25.2 Å². The van der Waals surface area contributed by atoms with Crippen LogP contribution in [-0.2, 0) is 6.54 Å². The number of nitrogens with zero attached hydrogens (tertiary/aromatic N) is 1. The first-order chi connectivity index (χ1) is 9.90. The Kier molecular flexibility index (Phi) is 5.20. The van der Waals surface area contributed by atoms with E-state index in [0.29, 0.717) is 0 Å². The third-order valence-corrected chi connectivity index (χ3v) is 2.34. The lowest BCUT2D eigenvalue weighted by atomic mass is 10.1. The van der Waals surface area contributed by atoms with Gasteiger partial charge in [0, 0.05) is 18.9 Å². The molecule has 0 radical (unpaired) electrons. The number of aromatic nitrogens is 1. The predicted molar refractivity (Wildman–Crippen MR) is 72.7 cm³/mol. The van der Waals surface area contributed by atoms with Gasteiger partial charge in [-0.05, 0) is 0 Å². The van der Waals surface area contributed by atoms with Crippen molar-refractivity contribution in [2.24, 2.45) is 11.6 Å². The van der Waals surface area contributed by atoms with Crippen LogP contribution in [0.1, 0.15) is 20.7 Å². The van der Waals surface area contributed by atoms with Crippen LogP contribution in [0.2, 0.25) is 0 Å². The van der Waals surface area contributed by atoms with E-state index >= 15 is 0 Å². The summed E-state index contributed by atoms with van der Waals surface area (Å²) in [6.45, 7) is 3.75. The first-order valence-corrected chi connectivity index (χ1v) is 5.62. The number of primary amides is 1. The van der Waals surface area contributed by atoms with Crippen LogP contribution < -0.4 is 33.3 Å². The van der Waals surface area contributed by atoms with E-state index < -0.39 is 23.3 Å². The maximum Gasteiger partial charge on any atom is 0.330 e. The fourth-order valence-electron chi connectivity index (χ4n) is 1.47. The number of hydrazine groups is 2. The fraction of sp³-hybridized carbons (Fsp3) is 0.0909. The molecule has 0 saturated heterocycles. The van der Waals surface area contributed by atoms with Gasteiger partial charge >= 0.3 is 6.03 Å². The number of urea groups is 1. The molecule has 0 unspecified atom stereocenters. The number of pyridine rings is 1. The molecule has 112 valence electrons. The topological polar surface area (TPSA) is 161 Å². The number of hydrogen-bond donors (Lipinski definition) is 5. The summed E-state index contributed by atoms with van der Waals surface area (Å²) >= 11 is 0. The highest BCUT2D eigenvalue weighted by molar-refractivity contribution is 5.99. The van der Waals surface area contributed by atoms with Crippen LogP contribution in [0, 0.1) is 0 Å². The van der Waals surface area contributed by atoms with Crippen LogP contribution in [-0.4, -0.2) is 22.4 Å². The van der Waals surface area contributed by atoms with Gasteiger partial charge in [-0.2, -0.15) is 0 Å². The molecule has 1 aromatic rings. The van der Waals surface area contributed by atoms with E-state index in [0.717, 1.165) is 0 Å². The van der Waals surface area contributed by atoms with Crippen molar-refractivity contribution >= 4 is 17.8 Å². The van der Waals surface area contributed by atoms with E-state index in [1.165, 1.54) is 23.0 Å². The van der Waals surface area contributed by atoms with E-state index in [2.05, 4.69) is 6.58 Å². The van der Waals surface area contributed by atoms with Crippen LogP contribution in [0.15, 0.2) is 29.8 Å². The lowest BCUT2D eigenvalue weighted by molar-refractivity contribution is 0.0935. The Balaban J connectivity index is 3.29. The van der Waals surface area contributed by atoms with Gasteiger partial charge in [-0.1, -0.05) is 6.08 Å². The minimum atomic E-state index is -1.01. The molecule has 4 amide bonds. The average molecular weight is 294 g/mol. The minimum absolute atomic E-state index is 0.245. The number of hydrogen-bond acceptors (Lipinski definition) is 5. The van der Waals surface area contributed by atoms with Gasteiger partial charge < -0.3 is 10.3 Å². The zero-order valence-corrected chi connectivity index (χ0v) is 10.9. The Hall–Kier alpha value is -3.14. The third kappa shape index (κ3) is 3.91. The quantitative estimate of drug-likeness (QED) is 0.186. The Labute approximate surface area is 118 Å². The van der Waals surface area contributed by atoms with Gasteiger partial charge in [0.15, 0.2) is 0 Å². The van der Waals surface area contributed by atoms with Gasteiger partial charge in [-0.25, -0.2) is 16.1 Å². The molecule has 1 heterocycles. The number of carbonyl (C=O) groups is 3. The van der Waals surface area contributed by atoms with Crippen LogP contribution in [0.4, 0.5) is 4.79 Å². The summed E-state index contributed by atoms with van der Waals surface area (Å²) in [6.07, 6.45) is 3.93. The first kappa shape index (κ1) is 15.9. The second-order valence-corrected chi connectivity index (χ2v) is 3.82. The van der Waals surface area contributed by atoms with Crippen LogP contribution in [0.5, 0.6) is 0 Å². The third-order valence-electron chi connectivity index (χ3n) is 2.34. The van der Waals surface area contributed by atoms with Gasteiger partial charge in [0.1, 0.15) is 11.1 Å². The van der Waals surface area contributed by atoms with Crippen molar-refractivity contribution in [3.63, 3.8) is 0 Å². The lowest BCUT2D eigenvalue weighted by Gasteiger charge is -2.10. The summed E-state index contributed by atoms with van der Waals surface area (Å²) in [7, 11) is 0. The largest absolute Gasteiger partial charge is 0.350 e. The smallest absolute Gasteiger partial charge is 0.330 e. The molecule has 0 atom stereocenters. The van der Waals surface area contributed by atoms with Crippen molar-refractivity contribution in [2.75, 3.05) is 0 Å². The molecular weight excluding hydrogens is 280 g/mol. The molecule has 0 spiro atoms. The van der Waals surface area contributed by atoms with E-state index in [4.69, 9.17) is 11.6 Å². The van der Waals surface area contributed by atoms with E-state index in [-0.39, 0.29) is 17.7 Å². The number of rotatable bonds is 4. The molecule has 0 saturated carbocycles. The number of allylic oxidation sites excluding steroid dienone is 1. The molecular formula is C11H14N6O4. The second-order valence-electron chi connectivity index (χ2n) is 3.82. The Morgan fingerprint density at radius 1 is 1.19 bits per heavy atom. The van der Waals surface area contributed by atoms with Crippen molar-refractivity contribution in [1.29, 1.82) is 0 Å². The van der Waals surface area contributed by atoms with Gasteiger partial charge in [-0.15, -0.1) is 6.58 Å². The number of nitrogens with one attached hydrogen (secondary N) is 3. The first-order valence-electron chi connectivity index (χ1n) is 5.62. The van der Waals surface area contributed by atoms with Crippen LogP contribution >= 0.6 is 0 Å². The molecule has 7 N–H and O–H groups in total. The number of nitrogens with two attached hydrogens (primary N) is 2. The normalized spacial score (nSPS) is 9.57. The molecule has 21 heavy (non-hydrogen) atoms. The number of amides is 4. The van der Waals surface area contributed by atoms with E-state index in [9.17, 15) is 19.2 Å². The summed E-state index contributed by atoms with van der Waals surface area (Å²) in [6, 6.07) is -1.01. The molecule has 0 aliphatic carbocycles. The summed E-state index contributed by atoms with van der Waals surface area (Å²) in [5.41, 5.74) is 8.82. The molecule has 0 fully saturated rings. The average Bonchev–Trinajstić information content (AvgIpc) is 2.45. The van der Waals surface area contributed by atoms with Crippen molar-refractivity contribution in [2.45, 2.75) is 6.54 Å². The molecule has 0 aliphatic heterocycles. The maximum absolute atomic E-state index is 12.1. The zero-order valence-electron chi connectivity index (χ0n) is 10.9. The summed E-state index contributed by atoms with van der Waals surface area (Å²) < 4.78 is 1.39. The SMILES string of the molecule is C=CCn1cc(C(=O)NN)c(=O)c(C(=O)NNC(N)=O)c1. The minimum Gasteiger partial charge on any atom is -0.350 e. The van der Waals surface area contributed by atoms with Crippen molar-refractivity contribution in [3.8, 4) is 0 Å². The van der Waals surface area contributed by atoms with Crippen LogP contribution in [0.25, 0.3) is 0 Å². The van der Waals surface area contributed by atoms with Crippen molar-refractivity contribution < 1.29 is 14.4 Å². The van der Waals surface area contributed by atoms with E-state index in [1.807, 2.05) is 16.3 Å². The van der Waals surface area contributed by atoms with Gasteiger partial charge in [0.05, 0.1) is 0 Å².